The Labute approximate surface area is 209 Å². The molecule has 1 aliphatic rings. The van der Waals surface area contributed by atoms with E-state index >= 15 is 0 Å². The van der Waals surface area contributed by atoms with E-state index in [-0.39, 0.29) is 22.5 Å². The maximum Gasteiger partial charge on any atom is 0.416 e. The van der Waals surface area contributed by atoms with Gasteiger partial charge in [-0.05, 0) is 56.4 Å². The third kappa shape index (κ3) is 6.79. The number of hydrogen-bond acceptors (Lipinski definition) is 4. The number of carbonyl (C=O) groups is 1. The molecule has 0 unspecified atom stereocenters. The first-order valence-corrected chi connectivity index (χ1v) is 11.4. The van der Waals surface area contributed by atoms with Gasteiger partial charge in [-0.3, -0.25) is 10.1 Å². The molecule has 1 aliphatic heterocycles. The molecule has 7 nitrogen and oxygen atoms in total. The third-order valence-electron chi connectivity index (χ3n) is 6.20. The second-order valence-corrected chi connectivity index (χ2v) is 8.82. The number of alkyl halides is 6. The zero-order valence-corrected chi connectivity index (χ0v) is 20.0. The van der Waals surface area contributed by atoms with Crippen molar-refractivity contribution in [1.82, 2.24) is 19.4 Å². The normalized spacial score (nSPS) is 15.5. The summed E-state index contributed by atoms with van der Waals surface area (Å²) in [7, 11) is 2.05. The van der Waals surface area contributed by atoms with Crippen LogP contribution in [0.15, 0.2) is 42.5 Å². The van der Waals surface area contributed by atoms with Crippen LogP contribution in [0, 0.1) is 0 Å². The number of benzene rings is 2. The van der Waals surface area contributed by atoms with Crippen LogP contribution < -0.4 is 5.32 Å². The number of imidazole rings is 1. The molecule has 0 aliphatic carbocycles. The van der Waals surface area contributed by atoms with Gasteiger partial charge in [-0.25, -0.2) is 4.98 Å². The van der Waals surface area contributed by atoms with Crippen molar-refractivity contribution in [2.45, 2.75) is 25.3 Å². The molecule has 0 spiro atoms. The van der Waals surface area contributed by atoms with Crippen molar-refractivity contribution in [2.75, 3.05) is 45.1 Å². The molecule has 0 bridgehead atoms. The Bertz CT molecular complexity index is 1230. The number of nitrogens with zero attached hydrogens (tertiary/aromatic N) is 4. The zero-order valence-electron chi connectivity index (χ0n) is 20.0. The SMILES string of the molecule is CN1CCN(CCCn2c(NC(=O)c3cccc(C(F)(F)F)c3)nc3cc(C(F)(F)F)ccc32)CC1.O. The van der Waals surface area contributed by atoms with Crippen molar-refractivity contribution in [3.8, 4) is 0 Å². The molecule has 0 saturated carbocycles. The highest BCUT2D eigenvalue weighted by molar-refractivity contribution is 6.04. The fourth-order valence-corrected chi connectivity index (χ4v) is 4.16. The largest absolute Gasteiger partial charge is 0.416 e. The Balaban J connectivity index is 0.00000380. The number of rotatable bonds is 6. The van der Waals surface area contributed by atoms with E-state index in [1.807, 2.05) is 7.05 Å². The summed E-state index contributed by atoms with van der Waals surface area (Å²) >= 11 is 0. The summed E-state index contributed by atoms with van der Waals surface area (Å²) in [5.74, 6) is -0.863. The van der Waals surface area contributed by atoms with E-state index in [1.54, 1.807) is 4.57 Å². The first-order chi connectivity index (χ1) is 16.9. The van der Waals surface area contributed by atoms with Crippen molar-refractivity contribution in [1.29, 1.82) is 0 Å². The number of aromatic nitrogens is 2. The highest BCUT2D eigenvalue weighted by Gasteiger charge is 2.32. The number of likely N-dealkylation sites (N-methyl/N-ethyl adjacent to an activating group) is 1. The Hall–Kier alpha value is -3.16. The molecule has 13 heteroatoms. The first kappa shape index (κ1) is 28.4. The molecular weight excluding hydrogens is 504 g/mol. The van der Waals surface area contributed by atoms with Crippen LogP contribution in [0.1, 0.15) is 27.9 Å². The summed E-state index contributed by atoms with van der Waals surface area (Å²) in [6, 6.07) is 7.05. The van der Waals surface area contributed by atoms with E-state index in [4.69, 9.17) is 0 Å². The summed E-state index contributed by atoms with van der Waals surface area (Å²) in [6.45, 7) is 4.77. The van der Waals surface area contributed by atoms with E-state index in [0.29, 0.717) is 18.5 Å². The van der Waals surface area contributed by atoms with Crippen LogP contribution in [0.25, 0.3) is 11.0 Å². The van der Waals surface area contributed by atoms with Gasteiger partial charge in [0.2, 0.25) is 5.95 Å². The van der Waals surface area contributed by atoms with Crippen LogP contribution in [0.4, 0.5) is 32.3 Å². The topological polar surface area (TPSA) is 84.9 Å². The number of fused-ring (bicyclic) bond motifs is 1. The van der Waals surface area contributed by atoms with Gasteiger partial charge in [-0.15, -0.1) is 0 Å². The predicted octanol–water partition coefficient (Wildman–Crippen LogP) is 4.14. The fourth-order valence-electron chi connectivity index (χ4n) is 4.16. The molecule has 202 valence electrons. The molecule has 3 aromatic rings. The molecule has 0 radical (unpaired) electrons. The molecular formula is C24H27F6N5O2. The fraction of sp³-hybridized carbons (Fsp3) is 0.417. The number of carbonyl (C=O) groups excluding carboxylic acids is 1. The highest BCUT2D eigenvalue weighted by atomic mass is 19.4. The lowest BCUT2D eigenvalue weighted by Crippen LogP contribution is -2.44. The molecule has 4 rings (SSSR count). The van der Waals surface area contributed by atoms with E-state index in [0.717, 1.165) is 63.1 Å². The van der Waals surface area contributed by atoms with Crippen LogP contribution in [0.5, 0.6) is 0 Å². The first-order valence-electron chi connectivity index (χ1n) is 11.4. The smallest absolute Gasteiger partial charge is 0.412 e. The van der Waals surface area contributed by atoms with Crippen molar-refractivity contribution < 1.29 is 36.6 Å². The van der Waals surface area contributed by atoms with Gasteiger partial charge in [0.1, 0.15) is 0 Å². The average molecular weight is 532 g/mol. The van der Waals surface area contributed by atoms with Crippen molar-refractivity contribution in [3.05, 3.63) is 59.2 Å². The van der Waals surface area contributed by atoms with Gasteiger partial charge in [0, 0.05) is 38.3 Å². The minimum Gasteiger partial charge on any atom is -0.412 e. The molecule has 3 N–H and O–H groups in total. The maximum atomic E-state index is 13.2. The van der Waals surface area contributed by atoms with Crippen LogP contribution in [0.3, 0.4) is 0 Å². The molecule has 1 aromatic heterocycles. The van der Waals surface area contributed by atoms with Gasteiger partial charge in [0.05, 0.1) is 22.2 Å². The van der Waals surface area contributed by atoms with Gasteiger partial charge in [-0.2, -0.15) is 26.3 Å². The molecule has 1 saturated heterocycles. The van der Waals surface area contributed by atoms with E-state index in [1.165, 1.54) is 12.1 Å². The second-order valence-electron chi connectivity index (χ2n) is 8.82. The zero-order chi connectivity index (χ0) is 26.1. The average Bonchev–Trinajstić information content (AvgIpc) is 3.15. The molecule has 1 amide bonds. The lowest BCUT2D eigenvalue weighted by atomic mass is 10.1. The quantitative estimate of drug-likeness (QED) is 0.485. The molecule has 2 aromatic carbocycles. The van der Waals surface area contributed by atoms with Crippen molar-refractivity contribution in [2.24, 2.45) is 0 Å². The minimum atomic E-state index is -4.62. The Kier molecular flexibility index (Phi) is 8.50. The molecule has 37 heavy (non-hydrogen) atoms. The van der Waals surface area contributed by atoms with Crippen molar-refractivity contribution >= 4 is 22.9 Å². The number of anilines is 1. The van der Waals surface area contributed by atoms with Gasteiger partial charge < -0.3 is 19.8 Å². The Morgan fingerprint density at radius 1 is 0.919 bits per heavy atom. The number of piperazine rings is 1. The van der Waals surface area contributed by atoms with Crippen LogP contribution in [-0.4, -0.2) is 70.5 Å². The van der Waals surface area contributed by atoms with Crippen LogP contribution >= 0.6 is 0 Å². The summed E-state index contributed by atoms with van der Waals surface area (Å²) < 4.78 is 80.4. The summed E-state index contributed by atoms with van der Waals surface area (Å²) in [6.07, 6.45) is -8.55. The van der Waals surface area contributed by atoms with Crippen molar-refractivity contribution in [3.63, 3.8) is 0 Å². The van der Waals surface area contributed by atoms with E-state index < -0.39 is 29.4 Å². The number of halogens is 6. The second kappa shape index (κ2) is 11.1. The van der Waals surface area contributed by atoms with Gasteiger partial charge >= 0.3 is 12.4 Å². The summed E-state index contributed by atoms with van der Waals surface area (Å²) in [5.41, 5.74) is -1.68. The maximum absolute atomic E-state index is 13.2. The molecule has 1 fully saturated rings. The Morgan fingerprint density at radius 3 is 2.22 bits per heavy atom. The Morgan fingerprint density at radius 2 is 1.57 bits per heavy atom. The summed E-state index contributed by atoms with van der Waals surface area (Å²) in [4.78, 5) is 21.5. The van der Waals surface area contributed by atoms with E-state index in [2.05, 4.69) is 20.1 Å². The lowest BCUT2D eigenvalue weighted by molar-refractivity contribution is -0.138. The highest BCUT2D eigenvalue weighted by Crippen LogP contribution is 2.33. The van der Waals surface area contributed by atoms with E-state index in [9.17, 15) is 31.1 Å². The number of amides is 1. The standard InChI is InChI=1S/C24H25F6N5O.H2O/c1-33-10-12-34(13-11-33)8-3-9-35-20-7-6-18(24(28,29)30)15-19(20)31-22(35)32-21(36)16-4-2-5-17(14-16)23(25,26)27;/h2,4-7,14-15H,3,8-13H2,1H3,(H,31,32,36);1H2. The van der Waals surface area contributed by atoms with Crippen LogP contribution in [-0.2, 0) is 18.9 Å². The number of nitrogens with one attached hydrogen (secondary N) is 1. The number of aryl methyl sites for hydroxylation is 1. The van der Waals surface area contributed by atoms with Gasteiger partial charge in [0.15, 0.2) is 0 Å². The van der Waals surface area contributed by atoms with Crippen LogP contribution in [0.2, 0.25) is 0 Å². The monoisotopic (exact) mass is 531 g/mol. The summed E-state index contributed by atoms with van der Waals surface area (Å²) in [5, 5.41) is 2.49. The number of hydrogen-bond donors (Lipinski definition) is 1. The minimum absolute atomic E-state index is 0. The molecule has 2 heterocycles. The van der Waals surface area contributed by atoms with Gasteiger partial charge in [0.25, 0.3) is 5.91 Å². The third-order valence-corrected chi connectivity index (χ3v) is 6.20. The lowest BCUT2D eigenvalue weighted by Gasteiger charge is -2.32. The predicted molar refractivity (Wildman–Crippen MR) is 126 cm³/mol. The van der Waals surface area contributed by atoms with Gasteiger partial charge in [-0.1, -0.05) is 6.07 Å². The molecule has 0 atom stereocenters.